The lowest BCUT2D eigenvalue weighted by Gasteiger charge is -2.15. The van der Waals surface area contributed by atoms with Crippen LogP contribution >= 0.6 is 0 Å². The summed E-state index contributed by atoms with van der Waals surface area (Å²) >= 11 is 0. The van der Waals surface area contributed by atoms with E-state index in [1.54, 1.807) is 20.4 Å². The lowest BCUT2D eigenvalue weighted by atomic mass is 10.00. The standard InChI is InChI=1S/C16H20N2O2/c1-19-15-8-6-13(10-16(15)20-2)14(17)7-5-12-4-3-9-18-11-12/h3-4,6,8-11,14H,5,7,17H2,1-2H3. The van der Waals surface area contributed by atoms with Gasteiger partial charge in [-0.1, -0.05) is 12.1 Å². The molecule has 1 heterocycles. The van der Waals surface area contributed by atoms with Crippen LogP contribution in [0, 0.1) is 0 Å². The zero-order valence-corrected chi connectivity index (χ0v) is 11.9. The van der Waals surface area contributed by atoms with Gasteiger partial charge in [-0.15, -0.1) is 0 Å². The summed E-state index contributed by atoms with van der Waals surface area (Å²) in [5.41, 5.74) is 8.49. The molecule has 1 unspecified atom stereocenters. The van der Waals surface area contributed by atoms with Crippen LogP contribution in [-0.2, 0) is 6.42 Å². The number of aromatic nitrogens is 1. The molecule has 0 aliphatic heterocycles. The molecule has 106 valence electrons. The Hall–Kier alpha value is -2.07. The number of aryl methyl sites for hydroxylation is 1. The fourth-order valence-electron chi connectivity index (χ4n) is 2.12. The zero-order valence-electron chi connectivity index (χ0n) is 11.9. The lowest BCUT2D eigenvalue weighted by Crippen LogP contribution is -2.11. The van der Waals surface area contributed by atoms with Crippen molar-refractivity contribution in [3.63, 3.8) is 0 Å². The van der Waals surface area contributed by atoms with Crippen LogP contribution in [0.1, 0.15) is 23.6 Å². The number of rotatable bonds is 6. The highest BCUT2D eigenvalue weighted by Gasteiger charge is 2.10. The Bertz CT molecular complexity index is 543. The number of nitrogens with zero attached hydrogens (tertiary/aromatic N) is 1. The minimum absolute atomic E-state index is 0.0324. The van der Waals surface area contributed by atoms with Gasteiger partial charge in [0.05, 0.1) is 14.2 Å². The number of pyridine rings is 1. The first kappa shape index (κ1) is 14.3. The smallest absolute Gasteiger partial charge is 0.161 e. The first-order chi connectivity index (χ1) is 9.74. The van der Waals surface area contributed by atoms with E-state index in [4.69, 9.17) is 15.2 Å². The van der Waals surface area contributed by atoms with Gasteiger partial charge in [-0.3, -0.25) is 4.98 Å². The number of nitrogens with two attached hydrogens (primary N) is 1. The van der Waals surface area contributed by atoms with Gasteiger partial charge in [0.25, 0.3) is 0 Å². The fraction of sp³-hybridized carbons (Fsp3) is 0.312. The molecule has 4 heteroatoms. The van der Waals surface area contributed by atoms with Crippen LogP contribution in [0.4, 0.5) is 0 Å². The van der Waals surface area contributed by atoms with Gasteiger partial charge in [0.15, 0.2) is 11.5 Å². The summed E-state index contributed by atoms with van der Waals surface area (Å²) in [5, 5.41) is 0. The highest BCUT2D eigenvalue weighted by atomic mass is 16.5. The molecule has 2 rings (SSSR count). The molecule has 0 saturated carbocycles. The molecule has 4 nitrogen and oxygen atoms in total. The van der Waals surface area contributed by atoms with Gasteiger partial charge >= 0.3 is 0 Å². The molecule has 0 spiro atoms. The van der Waals surface area contributed by atoms with Crippen molar-refractivity contribution in [2.75, 3.05) is 14.2 Å². The minimum Gasteiger partial charge on any atom is -0.493 e. The number of benzene rings is 1. The third kappa shape index (κ3) is 3.48. The third-order valence-corrected chi connectivity index (χ3v) is 3.30. The van der Waals surface area contributed by atoms with Crippen molar-refractivity contribution in [1.82, 2.24) is 4.98 Å². The van der Waals surface area contributed by atoms with Gasteiger partial charge in [-0.25, -0.2) is 0 Å². The second-order valence-electron chi connectivity index (χ2n) is 4.62. The van der Waals surface area contributed by atoms with Crippen molar-refractivity contribution in [2.24, 2.45) is 5.73 Å². The minimum atomic E-state index is -0.0324. The topological polar surface area (TPSA) is 57.4 Å². The summed E-state index contributed by atoms with van der Waals surface area (Å²) in [6.45, 7) is 0. The van der Waals surface area contributed by atoms with Crippen LogP contribution in [-0.4, -0.2) is 19.2 Å². The van der Waals surface area contributed by atoms with Crippen molar-refractivity contribution in [3.8, 4) is 11.5 Å². The van der Waals surface area contributed by atoms with Gasteiger partial charge in [0.2, 0.25) is 0 Å². The van der Waals surface area contributed by atoms with Gasteiger partial charge < -0.3 is 15.2 Å². The number of hydrogen-bond donors (Lipinski definition) is 1. The van der Waals surface area contributed by atoms with Crippen LogP contribution < -0.4 is 15.2 Å². The summed E-state index contributed by atoms with van der Waals surface area (Å²) in [6, 6.07) is 9.78. The van der Waals surface area contributed by atoms with E-state index in [9.17, 15) is 0 Å². The first-order valence-electron chi connectivity index (χ1n) is 6.61. The van der Waals surface area contributed by atoms with E-state index in [0.29, 0.717) is 5.75 Å². The average molecular weight is 272 g/mol. The van der Waals surface area contributed by atoms with Crippen LogP contribution in [0.15, 0.2) is 42.7 Å². The molecular formula is C16H20N2O2. The molecule has 0 aliphatic rings. The molecule has 1 aromatic carbocycles. The highest BCUT2D eigenvalue weighted by Crippen LogP contribution is 2.30. The van der Waals surface area contributed by atoms with Crippen molar-refractivity contribution in [1.29, 1.82) is 0 Å². The molecule has 0 fully saturated rings. The Morgan fingerprint density at radius 1 is 1.15 bits per heavy atom. The van der Waals surface area contributed by atoms with E-state index in [-0.39, 0.29) is 6.04 Å². The van der Waals surface area contributed by atoms with Crippen LogP contribution in [0.25, 0.3) is 0 Å². The highest BCUT2D eigenvalue weighted by molar-refractivity contribution is 5.43. The summed E-state index contributed by atoms with van der Waals surface area (Å²) in [6.07, 6.45) is 5.42. The van der Waals surface area contributed by atoms with E-state index in [1.165, 1.54) is 5.56 Å². The van der Waals surface area contributed by atoms with Gasteiger partial charge in [-0.05, 0) is 42.2 Å². The molecule has 0 saturated heterocycles. The van der Waals surface area contributed by atoms with Gasteiger partial charge in [0.1, 0.15) is 0 Å². The first-order valence-corrected chi connectivity index (χ1v) is 6.61. The van der Waals surface area contributed by atoms with Crippen LogP contribution in [0.3, 0.4) is 0 Å². The summed E-state index contributed by atoms with van der Waals surface area (Å²) in [5.74, 6) is 1.43. The maximum Gasteiger partial charge on any atom is 0.161 e. The predicted molar refractivity (Wildman–Crippen MR) is 79.0 cm³/mol. The van der Waals surface area contributed by atoms with Crippen LogP contribution in [0.5, 0.6) is 11.5 Å². The monoisotopic (exact) mass is 272 g/mol. The SMILES string of the molecule is COc1ccc(C(N)CCc2cccnc2)cc1OC. The Morgan fingerprint density at radius 2 is 1.95 bits per heavy atom. The molecule has 1 aromatic heterocycles. The molecule has 0 bridgehead atoms. The van der Waals surface area contributed by atoms with E-state index < -0.39 is 0 Å². The fourth-order valence-corrected chi connectivity index (χ4v) is 2.12. The number of hydrogen-bond acceptors (Lipinski definition) is 4. The summed E-state index contributed by atoms with van der Waals surface area (Å²) in [7, 11) is 3.25. The molecule has 0 amide bonds. The Balaban J connectivity index is 2.03. The van der Waals surface area contributed by atoms with E-state index in [0.717, 1.165) is 24.2 Å². The Kier molecular flexibility index (Phi) is 4.96. The van der Waals surface area contributed by atoms with Crippen molar-refractivity contribution in [3.05, 3.63) is 53.9 Å². The number of ether oxygens (including phenoxy) is 2. The zero-order chi connectivity index (χ0) is 14.4. The second-order valence-corrected chi connectivity index (χ2v) is 4.62. The molecular weight excluding hydrogens is 252 g/mol. The predicted octanol–water partition coefficient (Wildman–Crippen LogP) is 2.73. The van der Waals surface area contributed by atoms with Crippen molar-refractivity contribution >= 4 is 0 Å². The maximum absolute atomic E-state index is 6.24. The van der Waals surface area contributed by atoms with Gasteiger partial charge in [0, 0.05) is 18.4 Å². The molecule has 2 aromatic rings. The molecule has 1 atom stereocenters. The van der Waals surface area contributed by atoms with E-state index in [2.05, 4.69) is 11.1 Å². The van der Waals surface area contributed by atoms with Gasteiger partial charge in [-0.2, -0.15) is 0 Å². The normalized spacial score (nSPS) is 11.9. The largest absolute Gasteiger partial charge is 0.493 e. The Morgan fingerprint density at radius 3 is 2.60 bits per heavy atom. The van der Waals surface area contributed by atoms with Crippen molar-refractivity contribution in [2.45, 2.75) is 18.9 Å². The van der Waals surface area contributed by atoms with E-state index in [1.807, 2.05) is 30.5 Å². The molecule has 0 radical (unpaired) electrons. The van der Waals surface area contributed by atoms with E-state index >= 15 is 0 Å². The quantitative estimate of drug-likeness (QED) is 0.878. The second kappa shape index (κ2) is 6.91. The average Bonchev–Trinajstić information content (AvgIpc) is 2.52. The number of methoxy groups -OCH3 is 2. The molecule has 2 N–H and O–H groups in total. The maximum atomic E-state index is 6.24. The lowest BCUT2D eigenvalue weighted by molar-refractivity contribution is 0.354. The summed E-state index contributed by atoms with van der Waals surface area (Å²) < 4.78 is 10.5. The Labute approximate surface area is 119 Å². The molecule has 20 heavy (non-hydrogen) atoms. The van der Waals surface area contributed by atoms with Crippen LogP contribution in [0.2, 0.25) is 0 Å². The third-order valence-electron chi connectivity index (χ3n) is 3.30. The molecule has 0 aliphatic carbocycles. The van der Waals surface area contributed by atoms with Crippen molar-refractivity contribution < 1.29 is 9.47 Å². The summed E-state index contributed by atoms with van der Waals surface area (Å²) in [4.78, 5) is 4.11.